The van der Waals surface area contributed by atoms with Crippen LogP contribution >= 0.6 is 0 Å². The monoisotopic (exact) mass is 360 g/mol. The van der Waals surface area contributed by atoms with Crippen molar-refractivity contribution in [2.45, 2.75) is 13.8 Å². The van der Waals surface area contributed by atoms with Crippen LogP contribution in [0.1, 0.15) is 11.1 Å². The SMILES string of the molecule is Cc1cccc(NC(=O)N2CCN(c3cccc4cccnc34)CC2)c1C. The number of anilines is 2. The third-order valence-corrected chi connectivity index (χ3v) is 5.37. The summed E-state index contributed by atoms with van der Waals surface area (Å²) in [5, 5.41) is 4.20. The van der Waals surface area contributed by atoms with Crippen molar-refractivity contribution >= 4 is 28.3 Å². The zero-order chi connectivity index (χ0) is 18.8. The average Bonchev–Trinajstić information content (AvgIpc) is 2.71. The van der Waals surface area contributed by atoms with Gasteiger partial charge in [-0.15, -0.1) is 0 Å². The Morgan fingerprint density at radius 2 is 1.70 bits per heavy atom. The number of nitrogens with one attached hydrogen (secondary N) is 1. The van der Waals surface area contributed by atoms with Gasteiger partial charge in [-0.2, -0.15) is 0 Å². The fraction of sp³-hybridized carbons (Fsp3) is 0.273. The normalized spacial score (nSPS) is 14.4. The number of aromatic nitrogens is 1. The quantitative estimate of drug-likeness (QED) is 0.745. The number of aryl methyl sites for hydroxylation is 1. The Hall–Kier alpha value is -3.08. The van der Waals surface area contributed by atoms with Gasteiger partial charge in [-0.05, 0) is 43.2 Å². The highest BCUT2D eigenvalue weighted by Gasteiger charge is 2.23. The molecule has 2 heterocycles. The Kier molecular flexibility index (Phi) is 4.67. The first-order valence-electron chi connectivity index (χ1n) is 9.34. The molecule has 0 radical (unpaired) electrons. The van der Waals surface area contributed by atoms with Crippen molar-refractivity contribution in [3.05, 3.63) is 65.9 Å². The largest absolute Gasteiger partial charge is 0.366 e. The van der Waals surface area contributed by atoms with Crippen LogP contribution in [0, 0.1) is 13.8 Å². The molecule has 0 spiro atoms. The van der Waals surface area contributed by atoms with Crippen molar-refractivity contribution in [3.63, 3.8) is 0 Å². The lowest BCUT2D eigenvalue weighted by Gasteiger charge is -2.36. The van der Waals surface area contributed by atoms with Crippen LogP contribution in [-0.2, 0) is 0 Å². The number of urea groups is 1. The van der Waals surface area contributed by atoms with Crippen LogP contribution < -0.4 is 10.2 Å². The fourth-order valence-electron chi connectivity index (χ4n) is 3.57. The molecule has 0 atom stereocenters. The van der Waals surface area contributed by atoms with E-state index >= 15 is 0 Å². The Morgan fingerprint density at radius 1 is 0.963 bits per heavy atom. The molecule has 3 aromatic rings. The maximum Gasteiger partial charge on any atom is 0.321 e. The van der Waals surface area contributed by atoms with E-state index in [1.807, 2.05) is 36.2 Å². The highest BCUT2D eigenvalue weighted by Crippen LogP contribution is 2.26. The number of hydrogen-bond acceptors (Lipinski definition) is 3. The Labute approximate surface area is 159 Å². The van der Waals surface area contributed by atoms with Crippen LogP contribution in [-0.4, -0.2) is 42.1 Å². The van der Waals surface area contributed by atoms with Crippen LogP contribution in [0.5, 0.6) is 0 Å². The number of nitrogens with zero attached hydrogens (tertiary/aromatic N) is 3. The van der Waals surface area contributed by atoms with E-state index in [1.165, 1.54) is 5.56 Å². The average molecular weight is 360 g/mol. The summed E-state index contributed by atoms with van der Waals surface area (Å²) in [6, 6.07) is 16.3. The maximum absolute atomic E-state index is 12.7. The predicted molar refractivity (Wildman–Crippen MR) is 110 cm³/mol. The molecule has 0 saturated carbocycles. The summed E-state index contributed by atoms with van der Waals surface area (Å²) in [6.45, 7) is 7.09. The zero-order valence-corrected chi connectivity index (χ0v) is 15.8. The number of carbonyl (C=O) groups excluding carboxylic acids is 1. The van der Waals surface area contributed by atoms with Gasteiger partial charge in [-0.3, -0.25) is 4.98 Å². The lowest BCUT2D eigenvalue weighted by atomic mass is 10.1. The van der Waals surface area contributed by atoms with Crippen LogP contribution in [0.4, 0.5) is 16.2 Å². The number of fused-ring (bicyclic) bond motifs is 1. The maximum atomic E-state index is 12.7. The second-order valence-electron chi connectivity index (χ2n) is 7.00. The zero-order valence-electron chi connectivity index (χ0n) is 15.8. The number of carbonyl (C=O) groups is 1. The van der Waals surface area contributed by atoms with Crippen molar-refractivity contribution in [1.82, 2.24) is 9.88 Å². The van der Waals surface area contributed by atoms with Crippen molar-refractivity contribution in [2.24, 2.45) is 0 Å². The van der Waals surface area contributed by atoms with Crippen molar-refractivity contribution in [2.75, 3.05) is 36.4 Å². The molecule has 0 bridgehead atoms. The minimum atomic E-state index is -0.0283. The molecule has 1 N–H and O–H groups in total. The molecule has 2 amide bonds. The number of benzene rings is 2. The van der Waals surface area contributed by atoms with Gasteiger partial charge in [-0.1, -0.05) is 30.3 Å². The third kappa shape index (κ3) is 3.45. The topological polar surface area (TPSA) is 48.5 Å². The third-order valence-electron chi connectivity index (χ3n) is 5.37. The van der Waals surface area contributed by atoms with Crippen molar-refractivity contribution < 1.29 is 4.79 Å². The van der Waals surface area contributed by atoms with E-state index in [4.69, 9.17) is 0 Å². The fourth-order valence-corrected chi connectivity index (χ4v) is 3.57. The Bertz CT molecular complexity index is 972. The lowest BCUT2D eigenvalue weighted by molar-refractivity contribution is 0.208. The van der Waals surface area contributed by atoms with E-state index < -0.39 is 0 Å². The number of piperazine rings is 1. The standard InChI is InChI=1S/C22H24N4O/c1-16-6-3-9-19(17(16)2)24-22(27)26-14-12-25(13-15-26)20-10-4-7-18-8-5-11-23-21(18)20/h3-11H,12-15H2,1-2H3,(H,24,27). The van der Waals surface area contributed by atoms with Crippen LogP contribution in [0.15, 0.2) is 54.7 Å². The number of pyridine rings is 1. The summed E-state index contributed by atoms with van der Waals surface area (Å²) >= 11 is 0. The van der Waals surface area contributed by atoms with E-state index in [0.717, 1.165) is 40.9 Å². The molecule has 4 rings (SSSR count). The summed E-state index contributed by atoms with van der Waals surface area (Å²) in [5.74, 6) is 0. The van der Waals surface area contributed by atoms with Gasteiger partial charge in [0, 0.05) is 43.4 Å². The smallest absolute Gasteiger partial charge is 0.321 e. The number of rotatable bonds is 2. The van der Waals surface area contributed by atoms with Gasteiger partial charge in [0.1, 0.15) is 0 Å². The number of para-hydroxylation sites is 1. The number of amides is 2. The van der Waals surface area contributed by atoms with Crippen LogP contribution in [0.2, 0.25) is 0 Å². The first kappa shape index (κ1) is 17.3. The van der Waals surface area contributed by atoms with Gasteiger partial charge in [0.25, 0.3) is 0 Å². The highest BCUT2D eigenvalue weighted by atomic mass is 16.2. The van der Waals surface area contributed by atoms with Gasteiger partial charge >= 0.3 is 6.03 Å². The number of hydrogen-bond donors (Lipinski definition) is 1. The predicted octanol–water partition coefficient (Wildman–Crippen LogP) is 4.21. The molecule has 5 nitrogen and oxygen atoms in total. The minimum absolute atomic E-state index is 0.0283. The Morgan fingerprint density at radius 3 is 2.52 bits per heavy atom. The summed E-state index contributed by atoms with van der Waals surface area (Å²) in [6.07, 6.45) is 1.83. The van der Waals surface area contributed by atoms with Gasteiger partial charge < -0.3 is 15.1 Å². The van der Waals surface area contributed by atoms with Crippen molar-refractivity contribution in [3.8, 4) is 0 Å². The molecule has 0 aliphatic carbocycles. The van der Waals surface area contributed by atoms with E-state index in [1.54, 1.807) is 0 Å². The highest BCUT2D eigenvalue weighted by molar-refractivity contribution is 5.92. The summed E-state index contributed by atoms with van der Waals surface area (Å²) in [7, 11) is 0. The molecular weight excluding hydrogens is 336 g/mol. The van der Waals surface area contributed by atoms with Gasteiger partial charge in [-0.25, -0.2) is 4.79 Å². The molecule has 1 saturated heterocycles. The van der Waals surface area contributed by atoms with Gasteiger partial charge in [0.05, 0.1) is 11.2 Å². The minimum Gasteiger partial charge on any atom is -0.366 e. The first-order chi connectivity index (χ1) is 13.1. The molecule has 138 valence electrons. The second-order valence-corrected chi connectivity index (χ2v) is 7.00. The molecule has 5 heteroatoms. The second kappa shape index (κ2) is 7.27. The molecule has 2 aromatic carbocycles. The summed E-state index contributed by atoms with van der Waals surface area (Å²) in [5.41, 5.74) is 5.35. The first-order valence-corrected chi connectivity index (χ1v) is 9.34. The van der Waals surface area contributed by atoms with Crippen molar-refractivity contribution in [1.29, 1.82) is 0 Å². The molecule has 1 aliphatic heterocycles. The molecule has 1 fully saturated rings. The van der Waals surface area contributed by atoms with E-state index in [2.05, 4.69) is 52.5 Å². The molecule has 1 aliphatic rings. The van der Waals surface area contributed by atoms with Crippen LogP contribution in [0.25, 0.3) is 10.9 Å². The van der Waals surface area contributed by atoms with Gasteiger partial charge in [0.2, 0.25) is 0 Å². The van der Waals surface area contributed by atoms with Crippen LogP contribution in [0.3, 0.4) is 0 Å². The molecule has 0 unspecified atom stereocenters. The van der Waals surface area contributed by atoms with E-state index in [-0.39, 0.29) is 6.03 Å². The molecular formula is C22H24N4O. The summed E-state index contributed by atoms with van der Waals surface area (Å²) < 4.78 is 0. The lowest BCUT2D eigenvalue weighted by Crippen LogP contribution is -2.50. The Balaban J connectivity index is 1.44. The summed E-state index contributed by atoms with van der Waals surface area (Å²) in [4.78, 5) is 21.4. The molecule has 27 heavy (non-hydrogen) atoms. The van der Waals surface area contributed by atoms with Gasteiger partial charge in [0.15, 0.2) is 0 Å². The van der Waals surface area contributed by atoms with E-state index in [9.17, 15) is 4.79 Å². The molecule has 1 aromatic heterocycles. The van der Waals surface area contributed by atoms with E-state index in [0.29, 0.717) is 13.1 Å².